The average Bonchev–Trinajstić information content (AvgIpc) is 2.65. The third-order valence-electron chi connectivity index (χ3n) is 4.41. The van der Waals surface area contributed by atoms with E-state index < -0.39 is 26.4 Å². The molecule has 1 atom stereocenters. The summed E-state index contributed by atoms with van der Waals surface area (Å²) in [6, 6.07) is 12.0. The van der Waals surface area contributed by atoms with E-state index in [0.717, 1.165) is 12.1 Å². The van der Waals surface area contributed by atoms with Crippen LogP contribution in [-0.2, 0) is 14.9 Å². The highest BCUT2D eigenvalue weighted by molar-refractivity contribution is 7.87. The Kier molecular flexibility index (Phi) is 5.98. The van der Waals surface area contributed by atoms with Gasteiger partial charge >= 0.3 is 0 Å². The average molecular weight is 494 g/mol. The number of halogens is 4. The summed E-state index contributed by atoms with van der Waals surface area (Å²) in [5.74, 6) is -1.16. The van der Waals surface area contributed by atoms with E-state index in [-0.39, 0.29) is 36.8 Å². The van der Waals surface area contributed by atoms with Crippen LogP contribution in [0.15, 0.2) is 54.6 Å². The minimum absolute atomic E-state index is 0.00521. The van der Waals surface area contributed by atoms with Gasteiger partial charge in [-0.1, -0.05) is 76.7 Å². The summed E-state index contributed by atoms with van der Waals surface area (Å²) in [7, 11) is -5.13. The molecule has 0 fully saturated rings. The molecule has 3 aromatic rings. The zero-order valence-electron chi connectivity index (χ0n) is 14.3. The molecule has 0 aliphatic heterocycles. The van der Waals surface area contributed by atoms with Gasteiger partial charge in [0.15, 0.2) is 4.75 Å². The molecule has 0 spiro atoms. The molecule has 5 nitrogen and oxygen atoms in total. The molecule has 0 bridgehead atoms. The summed E-state index contributed by atoms with van der Waals surface area (Å²) < 4.78 is 34.0. The normalized spacial score (nSPS) is 13.8. The Morgan fingerprint density at radius 3 is 1.93 bits per heavy atom. The monoisotopic (exact) mass is 492 g/mol. The number of benzene rings is 3. The van der Waals surface area contributed by atoms with E-state index in [1.807, 2.05) is 0 Å². The van der Waals surface area contributed by atoms with E-state index in [4.69, 9.17) is 46.4 Å². The van der Waals surface area contributed by atoms with Crippen LogP contribution in [0, 0.1) is 0 Å². The fraction of sp³-hybridized carbons (Fsp3) is 0.0526. The lowest BCUT2D eigenvalue weighted by Gasteiger charge is -2.34. The minimum Gasteiger partial charge on any atom is -0.507 e. The van der Waals surface area contributed by atoms with Gasteiger partial charge in [0.2, 0.25) is 0 Å². The lowest BCUT2D eigenvalue weighted by molar-refractivity contribution is 0.431. The highest BCUT2D eigenvalue weighted by Crippen LogP contribution is 2.53. The van der Waals surface area contributed by atoms with Crippen molar-refractivity contribution in [3.05, 3.63) is 91.4 Å². The largest absolute Gasteiger partial charge is 0.507 e. The van der Waals surface area contributed by atoms with E-state index in [1.165, 1.54) is 36.4 Å². The summed E-state index contributed by atoms with van der Waals surface area (Å²) in [6.45, 7) is 0. The van der Waals surface area contributed by atoms with Crippen molar-refractivity contribution in [2.24, 2.45) is 0 Å². The predicted octanol–water partition coefficient (Wildman–Crippen LogP) is 5.89. The van der Waals surface area contributed by atoms with Crippen molar-refractivity contribution >= 4 is 56.5 Å². The number of rotatable bonds is 4. The molecule has 0 aliphatic rings. The number of phenols is 2. The molecule has 0 aromatic heterocycles. The first kappa shape index (κ1) is 22.0. The van der Waals surface area contributed by atoms with Crippen molar-refractivity contribution in [3.63, 3.8) is 0 Å². The first-order valence-electron chi connectivity index (χ1n) is 7.90. The van der Waals surface area contributed by atoms with E-state index in [9.17, 15) is 23.2 Å². The second-order valence-corrected chi connectivity index (χ2v) is 9.22. The topological polar surface area (TPSA) is 94.8 Å². The molecule has 0 saturated heterocycles. The highest BCUT2D eigenvalue weighted by atomic mass is 35.5. The summed E-state index contributed by atoms with van der Waals surface area (Å²) >= 11 is 24.8. The summed E-state index contributed by atoms with van der Waals surface area (Å²) in [5.41, 5.74) is -0.648. The SMILES string of the molecule is O=S(=O)(O)C(c1ccccc1)(c1cc(Cl)c(O)cc1O)c1c(Cl)ccc(Cl)c1Cl. The molecule has 0 aliphatic carbocycles. The van der Waals surface area contributed by atoms with Crippen LogP contribution in [0.4, 0.5) is 0 Å². The van der Waals surface area contributed by atoms with Crippen molar-refractivity contribution < 1.29 is 23.2 Å². The standard InChI is InChI=1S/C19H12Cl4O5S/c20-12-6-7-13(21)18(23)17(12)19(29(26,27)28,10-4-2-1-3-5-10)11-8-14(22)16(25)9-15(11)24/h1-9,24-25H,(H,26,27,28). The molecule has 3 rings (SSSR count). The Labute approximate surface area is 186 Å². The van der Waals surface area contributed by atoms with Crippen LogP contribution in [0.5, 0.6) is 11.5 Å². The Morgan fingerprint density at radius 1 is 0.759 bits per heavy atom. The van der Waals surface area contributed by atoms with Gasteiger partial charge in [-0.25, -0.2) is 0 Å². The maximum absolute atomic E-state index is 13.0. The molecule has 3 aromatic carbocycles. The molecule has 3 N–H and O–H groups in total. The summed E-state index contributed by atoms with van der Waals surface area (Å²) in [4.78, 5) is 0. The van der Waals surface area contributed by atoms with Gasteiger partial charge in [0.05, 0.1) is 15.1 Å². The van der Waals surface area contributed by atoms with Gasteiger partial charge in [0.25, 0.3) is 10.1 Å². The van der Waals surface area contributed by atoms with E-state index in [1.54, 1.807) is 6.07 Å². The van der Waals surface area contributed by atoms with Gasteiger partial charge < -0.3 is 10.2 Å². The lowest BCUT2D eigenvalue weighted by atomic mass is 9.83. The Bertz CT molecular complexity index is 1200. The molecule has 0 radical (unpaired) electrons. The van der Waals surface area contributed by atoms with Crippen molar-refractivity contribution in [2.45, 2.75) is 4.75 Å². The molecule has 1 unspecified atom stereocenters. The molecule has 0 amide bonds. The van der Waals surface area contributed by atoms with Crippen LogP contribution in [0.2, 0.25) is 20.1 Å². The van der Waals surface area contributed by atoms with Gasteiger partial charge in [0, 0.05) is 22.2 Å². The quantitative estimate of drug-likeness (QED) is 0.239. The molecule has 10 heteroatoms. The fourth-order valence-electron chi connectivity index (χ4n) is 3.21. The van der Waals surface area contributed by atoms with Crippen LogP contribution >= 0.6 is 46.4 Å². The van der Waals surface area contributed by atoms with Crippen LogP contribution in [0.25, 0.3) is 0 Å². The predicted molar refractivity (Wildman–Crippen MR) is 114 cm³/mol. The van der Waals surface area contributed by atoms with E-state index >= 15 is 0 Å². The third kappa shape index (κ3) is 3.54. The van der Waals surface area contributed by atoms with Crippen LogP contribution in [-0.4, -0.2) is 23.2 Å². The van der Waals surface area contributed by atoms with Gasteiger partial charge in [-0.3, -0.25) is 4.55 Å². The van der Waals surface area contributed by atoms with Gasteiger partial charge in [-0.15, -0.1) is 0 Å². The van der Waals surface area contributed by atoms with Crippen molar-refractivity contribution in [1.29, 1.82) is 0 Å². The zero-order valence-corrected chi connectivity index (χ0v) is 18.1. The number of hydrogen-bond donors (Lipinski definition) is 3. The van der Waals surface area contributed by atoms with E-state index in [2.05, 4.69) is 0 Å². The molecular formula is C19H12Cl4O5S. The van der Waals surface area contributed by atoms with Crippen LogP contribution in [0.1, 0.15) is 16.7 Å². The molecule has 29 heavy (non-hydrogen) atoms. The maximum Gasteiger partial charge on any atom is 0.283 e. The second kappa shape index (κ2) is 7.87. The second-order valence-electron chi connectivity index (χ2n) is 6.06. The number of hydrogen-bond acceptors (Lipinski definition) is 4. The fourth-order valence-corrected chi connectivity index (χ4v) is 5.64. The zero-order chi connectivity index (χ0) is 21.6. The lowest BCUT2D eigenvalue weighted by Crippen LogP contribution is -2.39. The highest BCUT2D eigenvalue weighted by Gasteiger charge is 2.52. The van der Waals surface area contributed by atoms with Crippen molar-refractivity contribution in [1.82, 2.24) is 0 Å². The number of phenolic OH excluding ortho intramolecular Hbond substituents is 2. The molecule has 0 saturated carbocycles. The molecule has 0 heterocycles. The molecule has 152 valence electrons. The first-order valence-corrected chi connectivity index (χ1v) is 10.9. The van der Waals surface area contributed by atoms with Gasteiger partial charge in [-0.2, -0.15) is 8.42 Å². The van der Waals surface area contributed by atoms with Crippen molar-refractivity contribution in [3.8, 4) is 11.5 Å². The van der Waals surface area contributed by atoms with Crippen LogP contribution < -0.4 is 0 Å². The third-order valence-corrected chi connectivity index (χ3v) is 7.26. The summed E-state index contributed by atoms with van der Waals surface area (Å²) in [5, 5.41) is 19.7. The first-order chi connectivity index (χ1) is 13.5. The Hall–Kier alpha value is -1.67. The molecular weight excluding hydrogens is 482 g/mol. The maximum atomic E-state index is 13.0. The van der Waals surface area contributed by atoms with Crippen molar-refractivity contribution in [2.75, 3.05) is 0 Å². The summed E-state index contributed by atoms with van der Waals surface area (Å²) in [6.07, 6.45) is 0. The Balaban J connectivity index is 2.67. The number of aromatic hydroxyl groups is 2. The Morgan fingerprint density at radius 2 is 1.34 bits per heavy atom. The van der Waals surface area contributed by atoms with E-state index in [0.29, 0.717) is 0 Å². The van der Waals surface area contributed by atoms with Crippen LogP contribution in [0.3, 0.4) is 0 Å². The smallest absolute Gasteiger partial charge is 0.283 e. The van der Waals surface area contributed by atoms with Gasteiger partial charge in [0.1, 0.15) is 11.5 Å². The minimum atomic E-state index is -5.13. The van der Waals surface area contributed by atoms with Gasteiger partial charge in [-0.05, 0) is 23.8 Å².